The number of nitrogens with zero attached hydrogens (tertiary/aromatic N) is 6. The fourth-order valence-electron chi connectivity index (χ4n) is 2.65. The maximum absolute atomic E-state index is 5.33. The summed E-state index contributed by atoms with van der Waals surface area (Å²) in [5.74, 6) is 1.27. The molecule has 0 atom stereocenters. The predicted molar refractivity (Wildman–Crippen MR) is 91.3 cm³/mol. The molecule has 0 aromatic carbocycles. The molecule has 4 aromatic rings. The van der Waals surface area contributed by atoms with Crippen molar-refractivity contribution in [3.63, 3.8) is 0 Å². The monoisotopic (exact) mass is 330 g/mol. The van der Waals surface area contributed by atoms with Crippen LogP contribution in [0.5, 0.6) is 0 Å². The van der Waals surface area contributed by atoms with Crippen LogP contribution in [-0.4, -0.2) is 30.1 Å². The van der Waals surface area contributed by atoms with Crippen LogP contribution >= 0.6 is 0 Å². The first kappa shape index (κ1) is 15.1. The molecule has 7 nitrogen and oxygen atoms in total. The van der Waals surface area contributed by atoms with Crippen molar-refractivity contribution in [1.82, 2.24) is 30.1 Å². The van der Waals surface area contributed by atoms with Crippen LogP contribution in [-0.2, 0) is 0 Å². The van der Waals surface area contributed by atoms with Crippen molar-refractivity contribution in [2.75, 3.05) is 0 Å². The van der Waals surface area contributed by atoms with Crippen LogP contribution in [0.4, 0.5) is 0 Å². The molecule has 0 spiro atoms. The van der Waals surface area contributed by atoms with Gasteiger partial charge >= 0.3 is 0 Å². The standard InChI is InChI=1S/C18H14N6O/c1-11-16(12(2)25-24-11)17-14(15-10-20-6-7-21-15)9-22-18(23-17)13-4-3-5-19-8-13/h3-10H,1-2H3. The normalized spacial score (nSPS) is 10.8. The van der Waals surface area contributed by atoms with Gasteiger partial charge in [-0.2, -0.15) is 0 Å². The van der Waals surface area contributed by atoms with E-state index < -0.39 is 0 Å². The van der Waals surface area contributed by atoms with Gasteiger partial charge in [0.2, 0.25) is 0 Å². The van der Waals surface area contributed by atoms with Gasteiger partial charge in [0.05, 0.1) is 28.8 Å². The highest BCUT2D eigenvalue weighted by Gasteiger charge is 2.20. The zero-order valence-electron chi connectivity index (χ0n) is 13.7. The summed E-state index contributed by atoms with van der Waals surface area (Å²) in [6, 6.07) is 3.77. The molecule has 0 aliphatic heterocycles. The lowest BCUT2D eigenvalue weighted by molar-refractivity contribution is 0.393. The van der Waals surface area contributed by atoms with Crippen LogP contribution in [0.3, 0.4) is 0 Å². The highest BCUT2D eigenvalue weighted by molar-refractivity contribution is 5.81. The molecule has 7 heteroatoms. The molecule has 122 valence electrons. The van der Waals surface area contributed by atoms with Gasteiger partial charge in [-0.1, -0.05) is 5.16 Å². The summed E-state index contributed by atoms with van der Waals surface area (Å²) in [7, 11) is 0. The maximum atomic E-state index is 5.33. The van der Waals surface area contributed by atoms with Crippen molar-refractivity contribution >= 4 is 0 Å². The zero-order valence-corrected chi connectivity index (χ0v) is 13.7. The fourth-order valence-corrected chi connectivity index (χ4v) is 2.65. The minimum absolute atomic E-state index is 0.579. The van der Waals surface area contributed by atoms with Crippen LogP contribution in [0, 0.1) is 13.8 Å². The third-order valence-corrected chi connectivity index (χ3v) is 3.82. The van der Waals surface area contributed by atoms with E-state index in [-0.39, 0.29) is 0 Å². The number of hydrogen-bond donors (Lipinski definition) is 0. The summed E-state index contributed by atoms with van der Waals surface area (Å²) in [6.45, 7) is 3.75. The van der Waals surface area contributed by atoms with Gasteiger partial charge in [0.15, 0.2) is 5.82 Å². The number of aromatic nitrogens is 6. The summed E-state index contributed by atoms with van der Waals surface area (Å²) < 4.78 is 5.33. The Kier molecular flexibility index (Phi) is 3.74. The minimum atomic E-state index is 0.579. The molecule has 0 unspecified atom stereocenters. The summed E-state index contributed by atoms with van der Waals surface area (Å²) >= 11 is 0. The third-order valence-electron chi connectivity index (χ3n) is 3.82. The summed E-state index contributed by atoms with van der Waals surface area (Å²) in [5.41, 5.74) is 4.61. The van der Waals surface area contributed by atoms with Gasteiger partial charge in [-0.3, -0.25) is 15.0 Å². The predicted octanol–water partition coefficient (Wildman–Crippen LogP) is 3.27. The Morgan fingerprint density at radius 3 is 2.48 bits per heavy atom. The molecule has 0 radical (unpaired) electrons. The van der Waals surface area contributed by atoms with E-state index in [1.807, 2.05) is 26.0 Å². The summed E-state index contributed by atoms with van der Waals surface area (Å²) in [4.78, 5) is 21.9. The molecule has 0 fully saturated rings. The number of hydrogen-bond acceptors (Lipinski definition) is 7. The average Bonchev–Trinajstić information content (AvgIpc) is 3.01. The van der Waals surface area contributed by atoms with E-state index in [1.165, 1.54) is 0 Å². The van der Waals surface area contributed by atoms with Crippen LogP contribution in [0.25, 0.3) is 33.9 Å². The lowest BCUT2D eigenvalue weighted by Gasteiger charge is -2.09. The second kappa shape index (κ2) is 6.20. The Morgan fingerprint density at radius 2 is 1.80 bits per heavy atom. The summed E-state index contributed by atoms with van der Waals surface area (Å²) in [6.07, 6.45) is 10.1. The second-order valence-electron chi connectivity index (χ2n) is 5.49. The van der Waals surface area contributed by atoms with E-state index in [0.29, 0.717) is 23.0 Å². The van der Waals surface area contributed by atoms with Gasteiger partial charge in [-0.25, -0.2) is 9.97 Å². The van der Waals surface area contributed by atoms with Crippen molar-refractivity contribution in [3.05, 3.63) is 60.8 Å². The molecule has 0 saturated heterocycles. The van der Waals surface area contributed by atoms with Crippen molar-refractivity contribution in [2.24, 2.45) is 0 Å². The minimum Gasteiger partial charge on any atom is -0.361 e. The molecule has 0 N–H and O–H groups in total. The van der Waals surface area contributed by atoms with Crippen LogP contribution in [0.15, 0.2) is 53.8 Å². The van der Waals surface area contributed by atoms with Gasteiger partial charge in [-0.15, -0.1) is 0 Å². The molecule has 0 saturated carbocycles. The largest absolute Gasteiger partial charge is 0.361 e. The van der Waals surface area contributed by atoms with Crippen LogP contribution in [0.2, 0.25) is 0 Å². The quantitative estimate of drug-likeness (QED) is 0.569. The van der Waals surface area contributed by atoms with E-state index in [2.05, 4.69) is 25.1 Å². The van der Waals surface area contributed by atoms with Crippen molar-refractivity contribution in [1.29, 1.82) is 0 Å². The first-order valence-corrected chi connectivity index (χ1v) is 7.71. The SMILES string of the molecule is Cc1noc(C)c1-c1nc(-c2cccnc2)ncc1-c1cnccn1. The molecule has 0 bridgehead atoms. The van der Waals surface area contributed by atoms with Gasteiger partial charge < -0.3 is 4.52 Å². The maximum Gasteiger partial charge on any atom is 0.161 e. The van der Waals surface area contributed by atoms with E-state index in [0.717, 1.165) is 22.4 Å². The first-order valence-electron chi connectivity index (χ1n) is 7.71. The van der Waals surface area contributed by atoms with Crippen LogP contribution < -0.4 is 0 Å². The van der Waals surface area contributed by atoms with Gasteiger partial charge in [0, 0.05) is 42.1 Å². The topological polar surface area (TPSA) is 90.5 Å². The Labute approximate surface area is 143 Å². The second-order valence-corrected chi connectivity index (χ2v) is 5.49. The highest BCUT2D eigenvalue weighted by Crippen LogP contribution is 2.34. The molecule has 25 heavy (non-hydrogen) atoms. The van der Waals surface area contributed by atoms with Crippen molar-refractivity contribution < 1.29 is 4.52 Å². The Bertz CT molecular complexity index is 995. The van der Waals surface area contributed by atoms with E-state index in [4.69, 9.17) is 9.51 Å². The number of aryl methyl sites for hydroxylation is 2. The van der Waals surface area contributed by atoms with Gasteiger partial charge in [-0.05, 0) is 26.0 Å². The lowest BCUT2D eigenvalue weighted by Crippen LogP contribution is -1.98. The van der Waals surface area contributed by atoms with Crippen molar-refractivity contribution in [3.8, 4) is 33.9 Å². The van der Waals surface area contributed by atoms with Gasteiger partial charge in [0.1, 0.15) is 5.76 Å². The average molecular weight is 330 g/mol. The Balaban J connectivity index is 1.97. The molecule has 4 aromatic heterocycles. The molecule has 0 aliphatic rings. The van der Waals surface area contributed by atoms with E-state index in [9.17, 15) is 0 Å². The molecular weight excluding hydrogens is 316 g/mol. The number of pyridine rings is 1. The molecule has 4 heterocycles. The summed E-state index contributed by atoms with van der Waals surface area (Å²) in [5, 5.41) is 4.05. The fraction of sp³-hybridized carbons (Fsp3) is 0.111. The highest BCUT2D eigenvalue weighted by atomic mass is 16.5. The van der Waals surface area contributed by atoms with Crippen molar-refractivity contribution in [2.45, 2.75) is 13.8 Å². The molecule has 4 rings (SSSR count). The Hall–Kier alpha value is -3.48. The Morgan fingerprint density at radius 1 is 0.920 bits per heavy atom. The smallest absolute Gasteiger partial charge is 0.161 e. The third kappa shape index (κ3) is 2.76. The zero-order chi connectivity index (χ0) is 17.2. The lowest BCUT2D eigenvalue weighted by atomic mass is 10.0. The first-order chi connectivity index (χ1) is 12.2. The van der Waals surface area contributed by atoms with Gasteiger partial charge in [0.25, 0.3) is 0 Å². The van der Waals surface area contributed by atoms with E-state index in [1.54, 1.807) is 37.2 Å². The number of rotatable bonds is 3. The van der Waals surface area contributed by atoms with Crippen LogP contribution in [0.1, 0.15) is 11.5 Å². The molecule has 0 aliphatic carbocycles. The molecule has 0 amide bonds. The molecular formula is C18H14N6O. The van der Waals surface area contributed by atoms with E-state index >= 15 is 0 Å².